The Balaban J connectivity index is 0.908. The van der Waals surface area contributed by atoms with Gasteiger partial charge in [0.1, 0.15) is 45.3 Å². The zero-order chi connectivity index (χ0) is 43.9. The van der Waals surface area contributed by atoms with E-state index in [1.807, 2.05) is 36.4 Å². The first kappa shape index (κ1) is 35.3. The summed E-state index contributed by atoms with van der Waals surface area (Å²) >= 11 is 0. The van der Waals surface area contributed by atoms with Gasteiger partial charge in [-0.1, -0.05) is 103 Å². The summed E-state index contributed by atoms with van der Waals surface area (Å²) in [7, 11) is 0. The maximum Gasteiger partial charge on any atom is 0.301 e. The molecule has 0 bridgehead atoms. The Hall–Kier alpha value is -9.01. The Labute approximate surface area is 386 Å². The van der Waals surface area contributed by atoms with E-state index < -0.39 is 0 Å². The third-order valence-corrected chi connectivity index (χ3v) is 14.8. The molecule has 0 saturated heterocycles. The van der Waals surface area contributed by atoms with Crippen molar-refractivity contribution in [3.8, 4) is 23.0 Å². The maximum atomic E-state index is 7.13. The lowest BCUT2D eigenvalue weighted by Crippen LogP contribution is -2.62. The topological polar surface area (TPSA) is 77.5 Å². The van der Waals surface area contributed by atoms with Gasteiger partial charge in [-0.3, -0.25) is 0 Å². The van der Waals surface area contributed by atoms with Crippen LogP contribution in [0, 0.1) is 0 Å². The van der Waals surface area contributed by atoms with Gasteiger partial charge in [-0.05, 0) is 83.7 Å². The van der Waals surface area contributed by atoms with Crippen LogP contribution >= 0.6 is 0 Å². The molecule has 0 radical (unpaired) electrons. The lowest BCUT2D eigenvalue weighted by Gasteiger charge is -2.39. The molecular formula is C58H30B2N2O6. The number of hydrogen-bond acceptors (Lipinski definition) is 8. The highest BCUT2D eigenvalue weighted by atomic mass is 16.5. The molecule has 314 valence electrons. The van der Waals surface area contributed by atoms with Crippen molar-refractivity contribution in [2.75, 3.05) is 9.80 Å². The lowest BCUT2D eigenvalue weighted by atomic mass is 9.33. The van der Waals surface area contributed by atoms with Gasteiger partial charge < -0.3 is 36.9 Å². The number of nitrogens with zero attached hydrogens (tertiary/aromatic N) is 2. The molecule has 9 aromatic carbocycles. The average molecular weight is 873 g/mol. The number of rotatable bonds is 2. The monoisotopic (exact) mass is 872 g/mol. The predicted octanol–water partition coefficient (Wildman–Crippen LogP) is 11.8. The van der Waals surface area contributed by atoms with Crippen LogP contribution in [0.25, 0.3) is 65.8 Å². The van der Waals surface area contributed by atoms with E-state index in [9.17, 15) is 0 Å². The van der Waals surface area contributed by atoms with E-state index in [-0.39, 0.29) is 13.4 Å². The average Bonchev–Trinajstić information content (AvgIpc) is 4.17. The number of anilines is 6. The van der Waals surface area contributed by atoms with Crippen molar-refractivity contribution in [2.24, 2.45) is 0 Å². The van der Waals surface area contributed by atoms with E-state index in [1.165, 1.54) is 0 Å². The van der Waals surface area contributed by atoms with Gasteiger partial charge in [0.05, 0.1) is 34.1 Å². The van der Waals surface area contributed by atoms with E-state index in [0.717, 1.165) is 156 Å². The highest BCUT2D eigenvalue weighted by molar-refractivity contribution is 7.01. The fourth-order valence-electron chi connectivity index (χ4n) is 12.0. The van der Waals surface area contributed by atoms with Crippen molar-refractivity contribution in [3.63, 3.8) is 0 Å². The number of fused-ring (bicyclic) bond motifs is 18. The number of para-hydroxylation sites is 6. The fraction of sp³-hybridized carbons (Fsp3) is 0. The Kier molecular flexibility index (Phi) is 6.46. The van der Waals surface area contributed by atoms with Gasteiger partial charge in [-0.25, -0.2) is 0 Å². The van der Waals surface area contributed by atoms with Crippen LogP contribution in [0.2, 0.25) is 0 Å². The smallest absolute Gasteiger partial charge is 0.301 e. The largest absolute Gasteiger partial charge is 0.468 e. The Morgan fingerprint density at radius 2 is 0.691 bits per heavy atom. The van der Waals surface area contributed by atoms with Gasteiger partial charge in [0.25, 0.3) is 0 Å². The van der Waals surface area contributed by atoms with Crippen molar-refractivity contribution < 1.29 is 27.1 Å². The highest BCUT2D eigenvalue weighted by Crippen LogP contribution is 2.50. The Morgan fingerprint density at radius 3 is 1.16 bits per heavy atom. The molecule has 10 heteroatoms. The van der Waals surface area contributed by atoms with Crippen molar-refractivity contribution in [1.82, 2.24) is 0 Å². The molecule has 0 amide bonds. The summed E-state index contributed by atoms with van der Waals surface area (Å²) in [6.07, 6.45) is 0. The first-order valence-electron chi connectivity index (χ1n) is 23.0. The lowest BCUT2D eigenvalue weighted by molar-refractivity contribution is 0.465. The second-order valence-corrected chi connectivity index (χ2v) is 18.2. The van der Waals surface area contributed by atoms with Crippen LogP contribution in [0.15, 0.2) is 200 Å². The van der Waals surface area contributed by atoms with Gasteiger partial charge in [0.2, 0.25) is 0 Å². The minimum Gasteiger partial charge on any atom is -0.468 e. The zero-order valence-electron chi connectivity index (χ0n) is 35.8. The zero-order valence-corrected chi connectivity index (χ0v) is 35.8. The van der Waals surface area contributed by atoms with Gasteiger partial charge in [-0.2, -0.15) is 0 Å². The van der Waals surface area contributed by atoms with E-state index in [0.29, 0.717) is 0 Å². The highest BCUT2D eigenvalue weighted by Gasteiger charge is 2.50. The summed E-state index contributed by atoms with van der Waals surface area (Å²) in [5, 5.41) is 6.28. The summed E-state index contributed by atoms with van der Waals surface area (Å²) in [5.41, 5.74) is 16.4. The second-order valence-electron chi connectivity index (χ2n) is 18.2. The van der Waals surface area contributed by atoms with Crippen LogP contribution in [0.5, 0.6) is 23.0 Å². The second kappa shape index (κ2) is 12.5. The van der Waals surface area contributed by atoms with Gasteiger partial charge in [0, 0.05) is 60.7 Å². The van der Waals surface area contributed by atoms with E-state index in [1.54, 1.807) is 0 Å². The van der Waals surface area contributed by atoms with Crippen molar-refractivity contribution in [3.05, 3.63) is 182 Å². The van der Waals surface area contributed by atoms with Crippen LogP contribution in [0.4, 0.5) is 34.1 Å². The third-order valence-electron chi connectivity index (χ3n) is 14.8. The maximum absolute atomic E-state index is 7.13. The molecule has 0 atom stereocenters. The van der Waals surface area contributed by atoms with Crippen LogP contribution in [0.3, 0.4) is 0 Å². The summed E-state index contributed by atoms with van der Waals surface area (Å²) in [6, 6.07) is 62.9. The number of hydrogen-bond donors (Lipinski definition) is 0. The third kappa shape index (κ3) is 4.34. The molecule has 0 saturated carbocycles. The van der Waals surface area contributed by atoms with Crippen LogP contribution < -0.4 is 52.4 Å². The van der Waals surface area contributed by atoms with Crippen molar-refractivity contribution in [1.29, 1.82) is 0 Å². The Bertz CT molecular complexity index is 4130. The van der Waals surface area contributed by atoms with Crippen LogP contribution in [-0.2, 0) is 0 Å². The SMILES string of the molecule is c1cc2c3c(c1)N(c1cccc4c1oc1ccccc14)c1c(oc4ccccc14)B3c1cc3c(cc1O2)Oc1cccc2c1B3c1oc3ccccc3c1N2c1cccc2c1oc1ccccc12. The number of furan rings is 4. The molecular weight excluding hydrogens is 842 g/mol. The minimum absolute atomic E-state index is 0.318. The molecule has 4 aliphatic rings. The van der Waals surface area contributed by atoms with E-state index in [2.05, 4.69) is 155 Å². The Morgan fingerprint density at radius 1 is 0.309 bits per heavy atom. The minimum atomic E-state index is -0.318. The van der Waals surface area contributed by atoms with Crippen molar-refractivity contribution >= 4 is 147 Å². The summed E-state index contributed by atoms with van der Waals surface area (Å²) < 4.78 is 41.8. The van der Waals surface area contributed by atoms with E-state index in [4.69, 9.17) is 27.1 Å². The molecule has 4 aliphatic heterocycles. The molecule has 8 heterocycles. The molecule has 0 aliphatic carbocycles. The summed E-state index contributed by atoms with van der Waals surface area (Å²) in [4.78, 5) is 4.64. The molecule has 17 rings (SSSR count). The molecule has 68 heavy (non-hydrogen) atoms. The molecule has 0 N–H and O–H groups in total. The standard InChI is InChI=1S/C58H30B2N2O6/c1-5-23-43-31(13-1)33-17-9-21-41(55(33)65-43)61-39-19-11-27-47-51(39)59(57-53(61)35-15-3-7-25-45(35)67-57)37-29-38-50(30-49(37)63-47)64-48-28-12-20-40-52(48)60(38)58-54(36-16-4-8-26-46(36)68-58)62(40)42-22-10-18-34-32-14-2-6-24-44(32)66-56(34)42/h1-30H. The van der Waals surface area contributed by atoms with Gasteiger partial charge in [0.15, 0.2) is 11.2 Å². The normalized spacial score (nSPS) is 14.0. The molecule has 8 nitrogen and oxygen atoms in total. The van der Waals surface area contributed by atoms with Crippen molar-refractivity contribution in [2.45, 2.75) is 0 Å². The molecule has 4 aromatic heterocycles. The number of benzene rings is 9. The fourth-order valence-corrected chi connectivity index (χ4v) is 12.0. The van der Waals surface area contributed by atoms with Gasteiger partial charge >= 0.3 is 13.4 Å². The van der Waals surface area contributed by atoms with Gasteiger partial charge in [-0.15, -0.1) is 0 Å². The summed E-state index contributed by atoms with van der Waals surface area (Å²) in [6.45, 7) is -0.636. The van der Waals surface area contributed by atoms with E-state index >= 15 is 0 Å². The molecule has 0 fully saturated rings. The first-order valence-corrected chi connectivity index (χ1v) is 23.0. The molecule has 13 aromatic rings. The first-order chi connectivity index (χ1) is 33.7. The predicted molar refractivity (Wildman–Crippen MR) is 272 cm³/mol. The summed E-state index contributed by atoms with van der Waals surface area (Å²) in [5.74, 6) is 2.96. The quantitative estimate of drug-likeness (QED) is 0.159. The van der Waals surface area contributed by atoms with Crippen LogP contribution in [-0.4, -0.2) is 13.4 Å². The molecule has 0 unspecified atom stereocenters. The van der Waals surface area contributed by atoms with Crippen LogP contribution in [0.1, 0.15) is 0 Å². The number of ether oxygens (including phenoxy) is 2. The molecule has 0 spiro atoms.